The van der Waals surface area contributed by atoms with E-state index >= 15 is 0 Å². The van der Waals surface area contributed by atoms with Gasteiger partial charge in [0.05, 0.1) is 12.6 Å². The molecule has 1 heterocycles. The van der Waals surface area contributed by atoms with Crippen LogP contribution in [0.3, 0.4) is 0 Å². The van der Waals surface area contributed by atoms with Crippen LogP contribution in [0.5, 0.6) is 0 Å². The maximum Gasteiger partial charge on any atom is 0.203 e. The Morgan fingerprint density at radius 2 is 2.47 bits per heavy atom. The minimum atomic E-state index is 0.388. The molecule has 1 N–H and O–H groups in total. The summed E-state index contributed by atoms with van der Waals surface area (Å²) in [6.45, 7) is 2.91. The molecule has 1 aromatic heterocycles. The number of hydrogen-bond acceptors (Lipinski definition) is 3. The monoisotopic (exact) mass is 209 g/mol. The summed E-state index contributed by atoms with van der Waals surface area (Å²) in [5.41, 5.74) is 0. The average Bonchev–Trinajstić information content (AvgIpc) is 2.93. The van der Waals surface area contributed by atoms with E-state index in [-0.39, 0.29) is 0 Å². The Kier molecular flexibility index (Phi) is 3.26. The lowest BCUT2D eigenvalue weighted by Crippen LogP contribution is -2.17. The van der Waals surface area contributed by atoms with E-state index < -0.39 is 0 Å². The smallest absolute Gasteiger partial charge is 0.203 e. The van der Waals surface area contributed by atoms with Gasteiger partial charge in [-0.1, -0.05) is 6.92 Å². The number of anilines is 1. The highest BCUT2D eigenvalue weighted by molar-refractivity contribution is 5.30. The van der Waals surface area contributed by atoms with Gasteiger partial charge < -0.3 is 14.6 Å². The predicted molar refractivity (Wildman–Crippen MR) is 60.1 cm³/mol. The first-order chi connectivity index (χ1) is 7.35. The van der Waals surface area contributed by atoms with E-state index in [0.29, 0.717) is 12.1 Å². The second-order valence-electron chi connectivity index (χ2n) is 4.09. The summed E-state index contributed by atoms with van der Waals surface area (Å²) < 4.78 is 7.40. The highest BCUT2D eigenvalue weighted by Crippen LogP contribution is 2.25. The van der Waals surface area contributed by atoms with Gasteiger partial charge in [0.1, 0.15) is 0 Å². The molecule has 2 rings (SSSR count). The maximum atomic E-state index is 5.22. The lowest BCUT2D eigenvalue weighted by atomic mass is 10.2. The lowest BCUT2D eigenvalue weighted by Gasteiger charge is -2.18. The number of nitrogens with one attached hydrogen (secondary N) is 1. The maximum absolute atomic E-state index is 5.22. The zero-order valence-electron chi connectivity index (χ0n) is 9.44. The van der Waals surface area contributed by atoms with Gasteiger partial charge in [-0.2, -0.15) is 0 Å². The molecule has 1 saturated carbocycles. The van der Waals surface area contributed by atoms with Gasteiger partial charge in [-0.15, -0.1) is 0 Å². The predicted octanol–water partition coefficient (Wildman–Crippen LogP) is 2.05. The van der Waals surface area contributed by atoms with Crippen molar-refractivity contribution in [1.29, 1.82) is 0 Å². The fourth-order valence-electron chi connectivity index (χ4n) is 1.72. The Balaban J connectivity index is 2.06. The number of nitrogens with zero attached hydrogens (tertiary/aromatic N) is 2. The van der Waals surface area contributed by atoms with Crippen LogP contribution in [0.1, 0.15) is 32.2 Å². The molecule has 4 heteroatoms. The molecule has 0 bridgehead atoms. The number of imidazole rings is 1. The number of rotatable bonds is 6. The van der Waals surface area contributed by atoms with Gasteiger partial charge in [0, 0.05) is 25.5 Å². The van der Waals surface area contributed by atoms with Crippen LogP contribution in [0.4, 0.5) is 5.95 Å². The van der Waals surface area contributed by atoms with Gasteiger partial charge >= 0.3 is 0 Å². The fourth-order valence-corrected chi connectivity index (χ4v) is 1.72. The summed E-state index contributed by atoms with van der Waals surface area (Å²) in [6.07, 6.45) is 7.48. The first-order valence-corrected chi connectivity index (χ1v) is 5.63. The molecule has 1 aliphatic rings. The molecule has 1 unspecified atom stereocenters. The van der Waals surface area contributed by atoms with Gasteiger partial charge in [0.15, 0.2) is 0 Å². The summed E-state index contributed by atoms with van der Waals surface area (Å²) >= 11 is 0. The van der Waals surface area contributed by atoms with Gasteiger partial charge in [0.2, 0.25) is 5.95 Å². The van der Waals surface area contributed by atoms with Crippen LogP contribution < -0.4 is 5.32 Å². The molecule has 15 heavy (non-hydrogen) atoms. The fraction of sp³-hybridized carbons (Fsp3) is 0.727. The third-order valence-electron chi connectivity index (χ3n) is 2.80. The van der Waals surface area contributed by atoms with Crippen LogP contribution in [-0.2, 0) is 4.74 Å². The quantitative estimate of drug-likeness (QED) is 0.779. The van der Waals surface area contributed by atoms with Gasteiger partial charge in [-0.05, 0) is 19.3 Å². The molecule has 0 spiro atoms. The van der Waals surface area contributed by atoms with Crippen molar-refractivity contribution in [3.05, 3.63) is 12.4 Å². The summed E-state index contributed by atoms with van der Waals surface area (Å²) in [6, 6.07) is 1.03. The molecule has 0 amide bonds. The molecule has 1 aromatic rings. The SMILES string of the molecule is CCC(COC)n1ccnc1NC1CC1. The molecule has 0 aliphatic heterocycles. The van der Waals surface area contributed by atoms with E-state index in [1.54, 1.807) is 7.11 Å². The molecule has 1 fully saturated rings. The molecule has 0 radical (unpaired) electrons. The van der Waals surface area contributed by atoms with Crippen LogP contribution >= 0.6 is 0 Å². The average molecular weight is 209 g/mol. The van der Waals surface area contributed by atoms with Crippen molar-refractivity contribution in [3.8, 4) is 0 Å². The second-order valence-corrected chi connectivity index (χ2v) is 4.09. The van der Waals surface area contributed by atoms with E-state index in [0.717, 1.165) is 19.0 Å². The Labute approximate surface area is 90.6 Å². The number of methoxy groups -OCH3 is 1. The molecule has 84 valence electrons. The summed E-state index contributed by atoms with van der Waals surface area (Å²) in [5, 5.41) is 3.43. The van der Waals surface area contributed by atoms with Crippen molar-refractivity contribution in [1.82, 2.24) is 9.55 Å². The number of hydrogen-bond donors (Lipinski definition) is 1. The van der Waals surface area contributed by atoms with Gasteiger partial charge in [-0.3, -0.25) is 0 Å². The molecule has 1 atom stereocenters. The van der Waals surface area contributed by atoms with Crippen molar-refractivity contribution >= 4 is 5.95 Å². The van der Waals surface area contributed by atoms with E-state index in [1.807, 2.05) is 12.4 Å². The van der Waals surface area contributed by atoms with Crippen LogP contribution in [0, 0.1) is 0 Å². The van der Waals surface area contributed by atoms with Crippen LogP contribution in [0.25, 0.3) is 0 Å². The molecule has 1 aliphatic carbocycles. The van der Waals surface area contributed by atoms with Crippen LogP contribution in [-0.4, -0.2) is 29.3 Å². The Morgan fingerprint density at radius 1 is 1.67 bits per heavy atom. The standard InChI is InChI=1S/C11H19N3O/c1-3-10(8-15-2)14-7-6-12-11(14)13-9-4-5-9/h6-7,9-10H,3-5,8H2,1-2H3,(H,12,13). The van der Waals surface area contributed by atoms with Gasteiger partial charge in [0.25, 0.3) is 0 Å². The third kappa shape index (κ3) is 2.50. The van der Waals surface area contributed by atoms with Crippen molar-refractivity contribution in [2.24, 2.45) is 0 Å². The largest absolute Gasteiger partial charge is 0.383 e. The van der Waals surface area contributed by atoms with E-state index in [9.17, 15) is 0 Å². The first-order valence-electron chi connectivity index (χ1n) is 5.63. The highest BCUT2D eigenvalue weighted by Gasteiger charge is 2.23. The second kappa shape index (κ2) is 4.66. The normalized spacial score (nSPS) is 17.7. The van der Waals surface area contributed by atoms with Crippen LogP contribution in [0.15, 0.2) is 12.4 Å². The first kappa shape index (κ1) is 10.5. The van der Waals surface area contributed by atoms with Crippen molar-refractivity contribution < 1.29 is 4.74 Å². The zero-order chi connectivity index (χ0) is 10.7. The molecule has 0 aromatic carbocycles. The lowest BCUT2D eigenvalue weighted by molar-refractivity contribution is 0.154. The topological polar surface area (TPSA) is 39.1 Å². The van der Waals surface area contributed by atoms with Crippen molar-refractivity contribution in [2.75, 3.05) is 19.0 Å². The minimum Gasteiger partial charge on any atom is -0.383 e. The summed E-state index contributed by atoms with van der Waals surface area (Å²) in [5.74, 6) is 0.987. The van der Waals surface area contributed by atoms with E-state index in [1.165, 1.54) is 12.8 Å². The van der Waals surface area contributed by atoms with E-state index in [4.69, 9.17) is 4.74 Å². The molecule has 4 nitrogen and oxygen atoms in total. The van der Waals surface area contributed by atoms with Crippen molar-refractivity contribution in [3.63, 3.8) is 0 Å². The summed E-state index contributed by atoms with van der Waals surface area (Å²) in [4.78, 5) is 4.34. The Bertz CT molecular complexity index is 307. The van der Waals surface area contributed by atoms with E-state index in [2.05, 4.69) is 21.8 Å². The zero-order valence-corrected chi connectivity index (χ0v) is 9.44. The summed E-state index contributed by atoms with van der Waals surface area (Å²) in [7, 11) is 1.74. The highest BCUT2D eigenvalue weighted by atomic mass is 16.5. The molecule has 0 saturated heterocycles. The molecular weight excluding hydrogens is 190 g/mol. The minimum absolute atomic E-state index is 0.388. The third-order valence-corrected chi connectivity index (χ3v) is 2.80. The van der Waals surface area contributed by atoms with Gasteiger partial charge in [-0.25, -0.2) is 4.98 Å². The number of ether oxygens (including phenoxy) is 1. The Hall–Kier alpha value is -1.03. The Morgan fingerprint density at radius 3 is 3.07 bits per heavy atom. The number of aromatic nitrogens is 2. The van der Waals surface area contributed by atoms with Crippen LogP contribution in [0.2, 0.25) is 0 Å². The molecular formula is C11H19N3O. The van der Waals surface area contributed by atoms with Crippen molar-refractivity contribution in [2.45, 2.75) is 38.3 Å².